The Labute approximate surface area is 169 Å². The summed E-state index contributed by atoms with van der Waals surface area (Å²) in [5, 5.41) is 3.19. The molecule has 0 aromatic heterocycles. The van der Waals surface area contributed by atoms with Crippen LogP contribution >= 0.6 is 0 Å². The van der Waals surface area contributed by atoms with Crippen LogP contribution in [-0.2, 0) is 9.53 Å². The standard InChI is InChI=1S/C20H28F2N4O3/c21-17-3-2-16(14-18(17)22)20(28)26(7-1-6-24-10-12-29-13-11-24)15-19(27)25-8-4-23-5-9-25/h2-3,14,23H,1,4-13,15H2. The zero-order valence-electron chi connectivity index (χ0n) is 16.5. The molecule has 1 N–H and O–H groups in total. The largest absolute Gasteiger partial charge is 0.379 e. The van der Waals surface area contributed by atoms with E-state index in [0.717, 1.165) is 44.9 Å². The molecule has 2 amide bonds. The summed E-state index contributed by atoms with van der Waals surface area (Å²) < 4.78 is 32.2. The van der Waals surface area contributed by atoms with Gasteiger partial charge in [-0.05, 0) is 24.6 Å². The summed E-state index contributed by atoms with van der Waals surface area (Å²) in [5.74, 6) is -2.67. The minimum absolute atomic E-state index is 0.0448. The smallest absolute Gasteiger partial charge is 0.254 e. The number of morpholine rings is 1. The number of amides is 2. The van der Waals surface area contributed by atoms with Gasteiger partial charge in [0.1, 0.15) is 6.54 Å². The molecule has 0 radical (unpaired) electrons. The molecule has 2 saturated heterocycles. The van der Waals surface area contributed by atoms with Crippen LogP contribution in [0.4, 0.5) is 8.78 Å². The summed E-state index contributed by atoms with van der Waals surface area (Å²) in [6.07, 6.45) is 0.685. The van der Waals surface area contributed by atoms with E-state index in [0.29, 0.717) is 39.3 Å². The zero-order chi connectivity index (χ0) is 20.6. The molecule has 2 aliphatic heterocycles. The van der Waals surface area contributed by atoms with Crippen LogP contribution in [0.2, 0.25) is 0 Å². The molecule has 0 bridgehead atoms. The minimum atomic E-state index is -1.07. The van der Waals surface area contributed by atoms with Crippen molar-refractivity contribution < 1.29 is 23.1 Å². The number of rotatable bonds is 7. The second-order valence-corrected chi connectivity index (χ2v) is 7.29. The van der Waals surface area contributed by atoms with Gasteiger partial charge in [0.05, 0.1) is 13.2 Å². The van der Waals surface area contributed by atoms with Crippen molar-refractivity contribution in [2.24, 2.45) is 0 Å². The fourth-order valence-electron chi connectivity index (χ4n) is 3.55. The molecule has 160 valence electrons. The third-order valence-corrected chi connectivity index (χ3v) is 5.26. The Morgan fingerprint density at radius 1 is 1.07 bits per heavy atom. The highest BCUT2D eigenvalue weighted by atomic mass is 19.2. The molecule has 2 aliphatic rings. The Hall–Kier alpha value is -2.10. The summed E-state index contributed by atoms with van der Waals surface area (Å²) in [5.41, 5.74) is 0.0448. The van der Waals surface area contributed by atoms with E-state index in [-0.39, 0.29) is 18.0 Å². The Balaban J connectivity index is 1.64. The van der Waals surface area contributed by atoms with Gasteiger partial charge in [0.2, 0.25) is 5.91 Å². The molecule has 2 heterocycles. The van der Waals surface area contributed by atoms with Gasteiger partial charge in [0, 0.05) is 57.9 Å². The van der Waals surface area contributed by atoms with Gasteiger partial charge in [-0.25, -0.2) is 8.78 Å². The molecule has 0 atom stereocenters. The number of ether oxygens (including phenoxy) is 1. The predicted molar refractivity (Wildman–Crippen MR) is 104 cm³/mol. The van der Waals surface area contributed by atoms with Gasteiger partial charge in [0.25, 0.3) is 5.91 Å². The van der Waals surface area contributed by atoms with Gasteiger partial charge in [-0.15, -0.1) is 0 Å². The number of piperazine rings is 1. The summed E-state index contributed by atoms with van der Waals surface area (Å²) in [4.78, 5) is 31.0. The number of hydrogen-bond acceptors (Lipinski definition) is 5. The summed E-state index contributed by atoms with van der Waals surface area (Å²) in [6, 6.07) is 3.08. The van der Waals surface area contributed by atoms with Gasteiger partial charge in [-0.3, -0.25) is 14.5 Å². The third-order valence-electron chi connectivity index (χ3n) is 5.26. The number of nitrogens with one attached hydrogen (secondary N) is 1. The first-order valence-electron chi connectivity index (χ1n) is 10.1. The van der Waals surface area contributed by atoms with Gasteiger partial charge in [-0.2, -0.15) is 0 Å². The average Bonchev–Trinajstić information content (AvgIpc) is 2.75. The first-order chi connectivity index (χ1) is 14.0. The molecule has 2 fully saturated rings. The monoisotopic (exact) mass is 410 g/mol. The van der Waals surface area contributed by atoms with Crippen molar-refractivity contribution in [1.29, 1.82) is 0 Å². The van der Waals surface area contributed by atoms with Crippen LogP contribution in [0.1, 0.15) is 16.8 Å². The van der Waals surface area contributed by atoms with E-state index in [1.54, 1.807) is 4.90 Å². The van der Waals surface area contributed by atoms with Crippen molar-refractivity contribution in [2.75, 3.05) is 72.1 Å². The van der Waals surface area contributed by atoms with E-state index in [1.165, 1.54) is 11.0 Å². The van der Waals surface area contributed by atoms with Crippen LogP contribution in [0.3, 0.4) is 0 Å². The lowest BCUT2D eigenvalue weighted by atomic mass is 10.1. The van der Waals surface area contributed by atoms with Crippen molar-refractivity contribution in [3.05, 3.63) is 35.4 Å². The van der Waals surface area contributed by atoms with Crippen LogP contribution in [0, 0.1) is 11.6 Å². The topological polar surface area (TPSA) is 65.1 Å². The fourth-order valence-corrected chi connectivity index (χ4v) is 3.55. The van der Waals surface area contributed by atoms with Crippen molar-refractivity contribution in [3.8, 4) is 0 Å². The lowest BCUT2D eigenvalue weighted by Gasteiger charge is -2.31. The number of nitrogens with zero attached hydrogens (tertiary/aromatic N) is 3. The summed E-state index contributed by atoms with van der Waals surface area (Å²) >= 11 is 0. The van der Waals surface area contributed by atoms with E-state index in [9.17, 15) is 18.4 Å². The van der Waals surface area contributed by atoms with Crippen molar-refractivity contribution in [3.63, 3.8) is 0 Å². The second kappa shape index (κ2) is 10.6. The average molecular weight is 410 g/mol. The van der Waals surface area contributed by atoms with Gasteiger partial charge in [-0.1, -0.05) is 0 Å². The van der Waals surface area contributed by atoms with Crippen LogP contribution in [0.15, 0.2) is 18.2 Å². The van der Waals surface area contributed by atoms with Gasteiger partial charge >= 0.3 is 0 Å². The number of carbonyl (C=O) groups is 2. The quantitative estimate of drug-likeness (QED) is 0.712. The van der Waals surface area contributed by atoms with Crippen LogP contribution in [0.25, 0.3) is 0 Å². The second-order valence-electron chi connectivity index (χ2n) is 7.29. The Morgan fingerprint density at radius 2 is 1.79 bits per heavy atom. The van der Waals surface area contributed by atoms with Crippen LogP contribution in [-0.4, -0.2) is 98.6 Å². The number of halogens is 2. The van der Waals surface area contributed by atoms with E-state index < -0.39 is 17.5 Å². The molecule has 3 rings (SSSR count). The van der Waals surface area contributed by atoms with Crippen molar-refractivity contribution in [2.45, 2.75) is 6.42 Å². The number of benzene rings is 1. The zero-order valence-corrected chi connectivity index (χ0v) is 16.5. The maximum absolute atomic E-state index is 13.6. The van der Waals surface area contributed by atoms with E-state index >= 15 is 0 Å². The molecular weight excluding hydrogens is 382 g/mol. The van der Waals surface area contributed by atoms with Gasteiger partial charge < -0.3 is 19.9 Å². The summed E-state index contributed by atoms with van der Waals surface area (Å²) in [6.45, 7) is 6.80. The SMILES string of the molecule is O=C(CN(CCCN1CCOCC1)C(=O)c1ccc(F)c(F)c1)N1CCNCC1. The maximum Gasteiger partial charge on any atom is 0.254 e. The van der Waals surface area contributed by atoms with Crippen molar-refractivity contribution in [1.82, 2.24) is 20.0 Å². The molecule has 0 unspecified atom stereocenters. The highest BCUT2D eigenvalue weighted by Crippen LogP contribution is 2.12. The van der Waals surface area contributed by atoms with Crippen LogP contribution in [0.5, 0.6) is 0 Å². The third kappa shape index (κ3) is 6.19. The molecule has 0 saturated carbocycles. The molecule has 7 nitrogen and oxygen atoms in total. The first kappa shape index (κ1) is 21.6. The Bertz CT molecular complexity index is 707. The molecule has 0 aliphatic carbocycles. The number of hydrogen-bond donors (Lipinski definition) is 1. The maximum atomic E-state index is 13.6. The molecule has 1 aromatic carbocycles. The molecule has 29 heavy (non-hydrogen) atoms. The fraction of sp³-hybridized carbons (Fsp3) is 0.600. The van der Waals surface area contributed by atoms with E-state index in [4.69, 9.17) is 4.74 Å². The normalized spacial score (nSPS) is 17.9. The predicted octanol–water partition coefficient (Wildman–Crippen LogP) is 0.561. The molecular formula is C20H28F2N4O3. The Kier molecular flexibility index (Phi) is 7.91. The van der Waals surface area contributed by atoms with E-state index in [2.05, 4.69) is 10.2 Å². The molecule has 0 spiro atoms. The Morgan fingerprint density at radius 3 is 2.48 bits per heavy atom. The minimum Gasteiger partial charge on any atom is -0.379 e. The first-order valence-corrected chi connectivity index (χ1v) is 10.1. The number of carbonyl (C=O) groups excluding carboxylic acids is 2. The lowest BCUT2D eigenvalue weighted by molar-refractivity contribution is -0.132. The molecule has 9 heteroatoms. The van der Waals surface area contributed by atoms with Crippen molar-refractivity contribution >= 4 is 11.8 Å². The molecule has 1 aromatic rings. The highest BCUT2D eigenvalue weighted by Gasteiger charge is 2.24. The van der Waals surface area contributed by atoms with E-state index in [1.807, 2.05) is 0 Å². The van der Waals surface area contributed by atoms with Crippen LogP contribution < -0.4 is 5.32 Å². The lowest BCUT2D eigenvalue weighted by Crippen LogP contribution is -2.50. The highest BCUT2D eigenvalue weighted by molar-refractivity contribution is 5.96. The summed E-state index contributed by atoms with van der Waals surface area (Å²) in [7, 11) is 0. The van der Waals surface area contributed by atoms with Gasteiger partial charge in [0.15, 0.2) is 11.6 Å².